The molecule has 0 aromatic carbocycles. The Morgan fingerprint density at radius 2 is 1.76 bits per heavy atom. The number of carbonyl (C=O) groups is 2. The van der Waals surface area contributed by atoms with E-state index >= 15 is 0 Å². The van der Waals surface area contributed by atoms with E-state index in [1.54, 1.807) is 23.2 Å². The highest BCUT2D eigenvalue weighted by Crippen LogP contribution is 2.32. The molecular formula is C22H25N3O6S2. The van der Waals surface area contributed by atoms with Gasteiger partial charge in [-0.15, -0.1) is 11.3 Å². The molecule has 0 saturated carbocycles. The van der Waals surface area contributed by atoms with Crippen LogP contribution in [0.2, 0.25) is 0 Å². The third kappa shape index (κ3) is 4.35. The molecule has 1 saturated heterocycles. The number of sulfonamides is 1. The Balaban J connectivity index is 1.49. The molecule has 11 heteroatoms. The third-order valence-corrected chi connectivity index (χ3v) is 8.59. The van der Waals surface area contributed by atoms with Crippen LogP contribution < -0.4 is 0 Å². The normalized spacial score (nSPS) is 15.1. The standard InChI is InChI=1S/C22H25N3O6S2/c1-4-30-22(27)17-7-8-18(31-17)33(28,29)25-13-11-23(12-14-25)20(26)19-15(2)16(3)32-21(19)24-9-5-6-10-24/h5-10H,4,11-14H2,1-3H3. The van der Waals surface area contributed by atoms with E-state index in [0.29, 0.717) is 5.56 Å². The van der Waals surface area contributed by atoms with Gasteiger partial charge in [0.15, 0.2) is 0 Å². The first-order valence-electron chi connectivity index (χ1n) is 10.5. The van der Waals surface area contributed by atoms with Crippen molar-refractivity contribution in [1.29, 1.82) is 0 Å². The summed E-state index contributed by atoms with van der Waals surface area (Å²) in [4.78, 5) is 27.9. The number of furan rings is 1. The van der Waals surface area contributed by atoms with Gasteiger partial charge in [-0.3, -0.25) is 4.79 Å². The average molecular weight is 492 g/mol. The molecule has 0 N–H and O–H groups in total. The van der Waals surface area contributed by atoms with Crippen molar-refractivity contribution in [2.75, 3.05) is 32.8 Å². The molecular weight excluding hydrogens is 466 g/mol. The fraction of sp³-hybridized carbons (Fsp3) is 0.364. The van der Waals surface area contributed by atoms with Gasteiger partial charge < -0.3 is 18.6 Å². The van der Waals surface area contributed by atoms with Crippen LogP contribution in [0.1, 0.15) is 38.3 Å². The summed E-state index contributed by atoms with van der Waals surface area (Å²) in [5.74, 6) is -0.987. The molecule has 3 aromatic heterocycles. The average Bonchev–Trinajstić information content (AvgIpc) is 3.55. The molecule has 3 aromatic rings. The summed E-state index contributed by atoms with van der Waals surface area (Å²) in [6.45, 7) is 6.50. The molecule has 0 radical (unpaired) electrons. The Bertz CT molecular complexity index is 1270. The molecule has 0 bridgehead atoms. The number of carbonyl (C=O) groups excluding carboxylic acids is 2. The number of aromatic nitrogens is 1. The van der Waals surface area contributed by atoms with E-state index < -0.39 is 16.0 Å². The second-order valence-electron chi connectivity index (χ2n) is 7.59. The molecule has 0 unspecified atom stereocenters. The maximum Gasteiger partial charge on any atom is 0.374 e. The summed E-state index contributed by atoms with van der Waals surface area (Å²) in [6, 6.07) is 6.35. The van der Waals surface area contributed by atoms with E-state index in [0.717, 1.165) is 15.4 Å². The highest BCUT2D eigenvalue weighted by atomic mass is 32.2. The number of rotatable bonds is 6. The highest BCUT2D eigenvalue weighted by molar-refractivity contribution is 7.89. The number of hydrogen-bond donors (Lipinski definition) is 0. The van der Waals surface area contributed by atoms with Crippen LogP contribution >= 0.6 is 11.3 Å². The number of piperazine rings is 1. The van der Waals surface area contributed by atoms with Crippen molar-refractivity contribution < 1.29 is 27.2 Å². The first-order chi connectivity index (χ1) is 15.7. The minimum absolute atomic E-state index is 0.111. The summed E-state index contributed by atoms with van der Waals surface area (Å²) >= 11 is 1.56. The summed E-state index contributed by atoms with van der Waals surface area (Å²) in [5.41, 5.74) is 1.58. The topological polar surface area (TPSA) is 102 Å². The van der Waals surface area contributed by atoms with E-state index in [-0.39, 0.29) is 49.5 Å². The van der Waals surface area contributed by atoms with Gasteiger partial charge in [-0.1, -0.05) is 0 Å². The Labute approximate surface area is 196 Å². The SMILES string of the molecule is CCOC(=O)c1ccc(S(=O)(=O)N2CCN(C(=O)c3c(-n4cccc4)sc(C)c3C)CC2)o1. The van der Waals surface area contributed by atoms with Crippen LogP contribution in [0.25, 0.3) is 5.00 Å². The fourth-order valence-electron chi connectivity index (χ4n) is 3.70. The quantitative estimate of drug-likeness (QED) is 0.491. The maximum atomic E-state index is 13.4. The first kappa shape index (κ1) is 23.3. The summed E-state index contributed by atoms with van der Waals surface area (Å²) in [7, 11) is -3.93. The van der Waals surface area contributed by atoms with E-state index in [1.807, 2.05) is 42.9 Å². The second-order valence-corrected chi connectivity index (χ2v) is 10.7. The van der Waals surface area contributed by atoms with Crippen molar-refractivity contribution in [3.8, 4) is 5.00 Å². The molecule has 4 rings (SSSR count). The summed E-state index contributed by atoms with van der Waals surface area (Å²) < 4.78 is 39.2. The Hall–Kier alpha value is -2.89. The van der Waals surface area contributed by atoms with Gasteiger partial charge in [0.05, 0.1) is 12.2 Å². The zero-order chi connectivity index (χ0) is 23.8. The van der Waals surface area contributed by atoms with Gasteiger partial charge in [0, 0.05) is 43.4 Å². The van der Waals surface area contributed by atoms with Crippen LogP contribution in [0.15, 0.2) is 46.2 Å². The minimum atomic E-state index is -3.93. The number of aryl methyl sites for hydroxylation is 1. The van der Waals surface area contributed by atoms with Gasteiger partial charge >= 0.3 is 5.97 Å². The summed E-state index contributed by atoms with van der Waals surface area (Å²) in [6.07, 6.45) is 3.81. The van der Waals surface area contributed by atoms with Crippen molar-refractivity contribution in [3.05, 3.63) is 58.4 Å². The first-order valence-corrected chi connectivity index (χ1v) is 12.8. The highest BCUT2D eigenvalue weighted by Gasteiger charge is 2.34. The predicted molar refractivity (Wildman–Crippen MR) is 122 cm³/mol. The molecule has 176 valence electrons. The molecule has 0 aliphatic carbocycles. The third-order valence-electron chi connectivity index (χ3n) is 5.60. The van der Waals surface area contributed by atoms with Crippen LogP contribution in [-0.2, 0) is 14.8 Å². The molecule has 33 heavy (non-hydrogen) atoms. The van der Waals surface area contributed by atoms with Gasteiger partial charge in [0.2, 0.25) is 10.9 Å². The molecule has 1 aliphatic heterocycles. The number of nitrogens with zero attached hydrogens (tertiary/aromatic N) is 3. The lowest BCUT2D eigenvalue weighted by Gasteiger charge is -2.33. The van der Waals surface area contributed by atoms with E-state index in [2.05, 4.69) is 0 Å². The van der Waals surface area contributed by atoms with Crippen LogP contribution in [-0.4, -0.2) is 66.9 Å². The number of ether oxygens (including phenoxy) is 1. The summed E-state index contributed by atoms with van der Waals surface area (Å²) in [5, 5.41) is 0.543. The van der Waals surface area contributed by atoms with Gasteiger partial charge in [-0.05, 0) is 50.6 Å². The molecule has 1 amide bonds. The molecule has 1 fully saturated rings. The number of thiophene rings is 1. The van der Waals surface area contributed by atoms with Crippen molar-refractivity contribution in [3.63, 3.8) is 0 Å². The molecule has 0 spiro atoms. The van der Waals surface area contributed by atoms with Crippen molar-refractivity contribution in [2.45, 2.75) is 25.9 Å². The largest absolute Gasteiger partial charge is 0.460 e. The van der Waals surface area contributed by atoms with Crippen LogP contribution in [0.5, 0.6) is 0 Å². The Kier molecular flexibility index (Phi) is 6.46. The van der Waals surface area contributed by atoms with E-state index in [4.69, 9.17) is 9.15 Å². The van der Waals surface area contributed by atoms with Gasteiger partial charge in [-0.2, -0.15) is 4.31 Å². The number of amides is 1. The monoisotopic (exact) mass is 491 g/mol. The van der Waals surface area contributed by atoms with Crippen molar-refractivity contribution >= 4 is 33.2 Å². The smallest absolute Gasteiger partial charge is 0.374 e. The number of hydrogen-bond acceptors (Lipinski definition) is 7. The van der Waals surface area contributed by atoms with Gasteiger partial charge in [-0.25, -0.2) is 13.2 Å². The Morgan fingerprint density at radius 3 is 2.39 bits per heavy atom. The van der Waals surface area contributed by atoms with E-state index in [9.17, 15) is 18.0 Å². The van der Waals surface area contributed by atoms with Crippen LogP contribution in [0.3, 0.4) is 0 Å². The minimum Gasteiger partial charge on any atom is -0.460 e. The maximum absolute atomic E-state index is 13.4. The molecule has 4 heterocycles. The predicted octanol–water partition coefficient (Wildman–Crippen LogP) is 3.07. The zero-order valence-electron chi connectivity index (χ0n) is 18.6. The van der Waals surface area contributed by atoms with Crippen LogP contribution in [0, 0.1) is 13.8 Å². The van der Waals surface area contributed by atoms with Gasteiger partial charge in [0.25, 0.3) is 15.9 Å². The second kappa shape index (κ2) is 9.16. The number of esters is 1. The van der Waals surface area contributed by atoms with Gasteiger partial charge in [0.1, 0.15) is 5.00 Å². The zero-order valence-corrected chi connectivity index (χ0v) is 20.2. The Morgan fingerprint density at radius 1 is 1.09 bits per heavy atom. The van der Waals surface area contributed by atoms with Crippen LogP contribution in [0.4, 0.5) is 0 Å². The molecule has 9 nitrogen and oxygen atoms in total. The lowest BCUT2D eigenvalue weighted by atomic mass is 10.1. The fourth-order valence-corrected chi connectivity index (χ4v) is 6.15. The lowest BCUT2D eigenvalue weighted by molar-refractivity contribution is 0.0483. The van der Waals surface area contributed by atoms with Crippen molar-refractivity contribution in [1.82, 2.24) is 13.8 Å². The van der Waals surface area contributed by atoms with Crippen molar-refractivity contribution in [2.24, 2.45) is 0 Å². The molecule has 1 aliphatic rings. The van der Waals surface area contributed by atoms with E-state index in [1.165, 1.54) is 16.4 Å². The molecule has 0 atom stereocenters. The lowest BCUT2D eigenvalue weighted by Crippen LogP contribution is -2.50.